The molecular weight excluding hydrogens is 237 g/mol. The number of benzene rings is 1. The predicted octanol–water partition coefficient (Wildman–Crippen LogP) is 2.30. The zero-order valence-electron chi connectivity index (χ0n) is 11.2. The molecule has 0 saturated carbocycles. The number of rotatable bonds is 6. The summed E-state index contributed by atoms with van der Waals surface area (Å²) in [5, 5.41) is 0. The molecule has 0 heterocycles. The molecule has 1 aromatic carbocycles. The zero-order chi connectivity index (χ0) is 13.7. The summed E-state index contributed by atoms with van der Waals surface area (Å²) < 4.78 is 29.8. The van der Waals surface area contributed by atoms with E-state index in [1.807, 2.05) is 6.92 Å². The summed E-state index contributed by atoms with van der Waals surface area (Å²) in [6.45, 7) is 2.37. The third-order valence-corrected chi connectivity index (χ3v) is 2.92. The number of ether oxygens (including phenoxy) is 3. The molecule has 5 heteroatoms. The summed E-state index contributed by atoms with van der Waals surface area (Å²) in [6, 6.07) is 1.48. The van der Waals surface area contributed by atoms with Crippen molar-refractivity contribution in [3.63, 3.8) is 0 Å². The van der Waals surface area contributed by atoms with Crippen molar-refractivity contribution in [2.24, 2.45) is 5.73 Å². The van der Waals surface area contributed by atoms with Crippen LogP contribution in [0.15, 0.2) is 6.07 Å². The molecule has 102 valence electrons. The lowest BCUT2D eigenvalue weighted by atomic mass is 9.95. The molecule has 2 N–H and O–H groups in total. The minimum absolute atomic E-state index is 0.0750. The Hall–Kier alpha value is -1.49. The van der Waals surface area contributed by atoms with Crippen LogP contribution in [0.5, 0.6) is 17.2 Å². The summed E-state index contributed by atoms with van der Waals surface area (Å²) >= 11 is 0. The molecule has 1 rings (SSSR count). The van der Waals surface area contributed by atoms with E-state index in [2.05, 4.69) is 0 Å². The first-order valence-electron chi connectivity index (χ1n) is 5.79. The SMILES string of the molecule is COc1cc(OC)c(OC)c(C(C)CCN)c1F. The third-order valence-electron chi connectivity index (χ3n) is 2.92. The second kappa shape index (κ2) is 6.44. The summed E-state index contributed by atoms with van der Waals surface area (Å²) in [7, 11) is 4.41. The second-order valence-corrected chi connectivity index (χ2v) is 4.02. The quantitative estimate of drug-likeness (QED) is 0.849. The van der Waals surface area contributed by atoms with Crippen LogP contribution in [-0.2, 0) is 0 Å². The Morgan fingerprint density at radius 2 is 1.78 bits per heavy atom. The van der Waals surface area contributed by atoms with Gasteiger partial charge >= 0.3 is 0 Å². The molecule has 18 heavy (non-hydrogen) atoms. The van der Waals surface area contributed by atoms with Crippen LogP contribution in [0.4, 0.5) is 4.39 Å². The van der Waals surface area contributed by atoms with Gasteiger partial charge in [0, 0.05) is 11.6 Å². The van der Waals surface area contributed by atoms with Crippen LogP contribution in [-0.4, -0.2) is 27.9 Å². The molecule has 0 fully saturated rings. The van der Waals surface area contributed by atoms with Crippen LogP contribution in [0.1, 0.15) is 24.8 Å². The maximum atomic E-state index is 14.3. The maximum absolute atomic E-state index is 14.3. The van der Waals surface area contributed by atoms with Crippen LogP contribution in [0, 0.1) is 5.82 Å². The van der Waals surface area contributed by atoms with Gasteiger partial charge in [0.15, 0.2) is 23.1 Å². The van der Waals surface area contributed by atoms with Crippen molar-refractivity contribution in [1.29, 1.82) is 0 Å². The topological polar surface area (TPSA) is 53.7 Å². The lowest BCUT2D eigenvalue weighted by Gasteiger charge is -2.20. The molecular formula is C13H20FNO3. The molecule has 1 aromatic rings. The van der Waals surface area contributed by atoms with Gasteiger partial charge in [0.25, 0.3) is 0 Å². The average Bonchev–Trinajstić information content (AvgIpc) is 2.38. The van der Waals surface area contributed by atoms with Gasteiger partial charge in [-0.25, -0.2) is 4.39 Å². The number of hydrogen-bond acceptors (Lipinski definition) is 4. The molecule has 4 nitrogen and oxygen atoms in total. The molecule has 0 aliphatic carbocycles. The lowest BCUT2D eigenvalue weighted by molar-refractivity contribution is 0.331. The largest absolute Gasteiger partial charge is 0.494 e. The number of halogens is 1. The van der Waals surface area contributed by atoms with Crippen molar-refractivity contribution in [3.05, 3.63) is 17.4 Å². The summed E-state index contributed by atoms with van der Waals surface area (Å²) in [5.74, 6) is 0.503. The van der Waals surface area contributed by atoms with Crippen molar-refractivity contribution >= 4 is 0 Å². The van der Waals surface area contributed by atoms with Crippen molar-refractivity contribution in [2.45, 2.75) is 19.3 Å². The van der Waals surface area contributed by atoms with E-state index in [0.717, 1.165) is 0 Å². The molecule has 0 aliphatic heterocycles. The Labute approximate surface area is 107 Å². The van der Waals surface area contributed by atoms with Gasteiger partial charge in [-0.15, -0.1) is 0 Å². The Morgan fingerprint density at radius 1 is 1.17 bits per heavy atom. The minimum Gasteiger partial charge on any atom is -0.494 e. The molecule has 1 unspecified atom stereocenters. The lowest BCUT2D eigenvalue weighted by Crippen LogP contribution is -2.09. The van der Waals surface area contributed by atoms with Crippen molar-refractivity contribution < 1.29 is 18.6 Å². The van der Waals surface area contributed by atoms with E-state index >= 15 is 0 Å². The molecule has 0 aliphatic rings. The highest BCUT2D eigenvalue weighted by Gasteiger charge is 2.24. The fourth-order valence-electron chi connectivity index (χ4n) is 1.96. The maximum Gasteiger partial charge on any atom is 0.172 e. The predicted molar refractivity (Wildman–Crippen MR) is 68.1 cm³/mol. The standard InChI is InChI=1S/C13H20FNO3/c1-8(5-6-15)11-12(14)9(16-2)7-10(17-3)13(11)18-4/h7-8H,5-6,15H2,1-4H3. The molecule has 0 saturated heterocycles. The van der Waals surface area contributed by atoms with Gasteiger partial charge in [-0.3, -0.25) is 0 Å². The van der Waals surface area contributed by atoms with E-state index in [0.29, 0.717) is 30.0 Å². The average molecular weight is 257 g/mol. The van der Waals surface area contributed by atoms with E-state index in [4.69, 9.17) is 19.9 Å². The van der Waals surface area contributed by atoms with E-state index in [1.165, 1.54) is 27.4 Å². The first kappa shape index (κ1) is 14.6. The van der Waals surface area contributed by atoms with Gasteiger partial charge < -0.3 is 19.9 Å². The summed E-state index contributed by atoms with van der Waals surface area (Å²) in [6.07, 6.45) is 0.656. The van der Waals surface area contributed by atoms with Crippen LogP contribution >= 0.6 is 0 Å². The van der Waals surface area contributed by atoms with E-state index in [-0.39, 0.29) is 11.7 Å². The summed E-state index contributed by atoms with van der Waals surface area (Å²) in [5.41, 5.74) is 5.97. The van der Waals surface area contributed by atoms with Crippen LogP contribution in [0.25, 0.3) is 0 Å². The first-order chi connectivity index (χ1) is 8.60. The van der Waals surface area contributed by atoms with E-state index in [1.54, 1.807) is 0 Å². The van der Waals surface area contributed by atoms with E-state index in [9.17, 15) is 4.39 Å². The van der Waals surface area contributed by atoms with Gasteiger partial charge in [0.2, 0.25) is 0 Å². The Morgan fingerprint density at radius 3 is 2.22 bits per heavy atom. The van der Waals surface area contributed by atoms with Gasteiger partial charge in [0.1, 0.15) is 0 Å². The van der Waals surface area contributed by atoms with Crippen molar-refractivity contribution in [1.82, 2.24) is 0 Å². The van der Waals surface area contributed by atoms with Gasteiger partial charge in [-0.2, -0.15) is 0 Å². The Kier molecular flexibility index (Phi) is 5.22. The fraction of sp³-hybridized carbons (Fsp3) is 0.538. The van der Waals surface area contributed by atoms with Crippen molar-refractivity contribution in [3.8, 4) is 17.2 Å². The van der Waals surface area contributed by atoms with Crippen molar-refractivity contribution in [2.75, 3.05) is 27.9 Å². The Bertz CT molecular complexity index is 410. The normalized spacial score (nSPS) is 12.1. The smallest absolute Gasteiger partial charge is 0.172 e. The van der Waals surface area contributed by atoms with Gasteiger partial charge in [-0.1, -0.05) is 6.92 Å². The van der Waals surface area contributed by atoms with Crippen LogP contribution < -0.4 is 19.9 Å². The molecule has 1 atom stereocenters. The third kappa shape index (κ3) is 2.67. The Balaban J connectivity index is 3.42. The molecule has 0 spiro atoms. The minimum atomic E-state index is -0.420. The second-order valence-electron chi connectivity index (χ2n) is 4.02. The highest BCUT2D eigenvalue weighted by molar-refractivity contribution is 5.54. The summed E-state index contributed by atoms with van der Waals surface area (Å²) in [4.78, 5) is 0. The number of hydrogen-bond donors (Lipinski definition) is 1. The van der Waals surface area contributed by atoms with Crippen LogP contribution in [0.3, 0.4) is 0 Å². The molecule has 0 bridgehead atoms. The first-order valence-corrected chi connectivity index (χ1v) is 5.79. The molecule has 0 radical (unpaired) electrons. The van der Waals surface area contributed by atoms with Gasteiger partial charge in [0.05, 0.1) is 21.3 Å². The highest BCUT2D eigenvalue weighted by atomic mass is 19.1. The van der Waals surface area contributed by atoms with Gasteiger partial charge in [-0.05, 0) is 18.9 Å². The number of nitrogens with two attached hydrogens (primary N) is 1. The molecule has 0 amide bonds. The fourth-order valence-corrected chi connectivity index (χ4v) is 1.96. The monoisotopic (exact) mass is 257 g/mol. The highest BCUT2D eigenvalue weighted by Crippen LogP contribution is 2.42. The van der Waals surface area contributed by atoms with E-state index < -0.39 is 5.82 Å². The molecule has 0 aromatic heterocycles. The van der Waals surface area contributed by atoms with Crippen LogP contribution in [0.2, 0.25) is 0 Å². The zero-order valence-corrected chi connectivity index (χ0v) is 11.2. The number of methoxy groups -OCH3 is 3.